The molecule has 2 aromatic rings. The molecule has 3 rings (SSSR count). The lowest BCUT2D eigenvalue weighted by molar-refractivity contribution is -0.126. The first-order valence-electron chi connectivity index (χ1n) is 9.54. The van der Waals surface area contributed by atoms with Crippen LogP contribution in [-0.2, 0) is 11.4 Å². The average Bonchev–Trinajstić information content (AvgIpc) is 2.68. The summed E-state index contributed by atoms with van der Waals surface area (Å²) in [5.74, 6) is 0.595. The highest BCUT2D eigenvalue weighted by Gasteiger charge is 2.26. The van der Waals surface area contributed by atoms with Crippen molar-refractivity contribution in [3.05, 3.63) is 65.5 Å². The molecule has 1 fully saturated rings. The van der Waals surface area contributed by atoms with Gasteiger partial charge in [-0.15, -0.1) is 0 Å². The fraction of sp³-hybridized carbons (Fsp3) is 0.409. The smallest absolute Gasteiger partial charge is 0.223 e. The molecule has 5 heteroatoms. The molecular formula is C22H27FN2O2. The van der Waals surface area contributed by atoms with Crippen molar-refractivity contribution in [3.63, 3.8) is 0 Å². The third kappa shape index (κ3) is 5.54. The van der Waals surface area contributed by atoms with E-state index in [9.17, 15) is 9.18 Å². The van der Waals surface area contributed by atoms with Crippen LogP contribution in [0.2, 0.25) is 0 Å². The van der Waals surface area contributed by atoms with Crippen LogP contribution in [0.1, 0.15) is 49.8 Å². The lowest BCUT2D eigenvalue weighted by atomic mass is 9.85. The summed E-state index contributed by atoms with van der Waals surface area (Å²) in [6.45, 7) is 2.36. The quantitative estimate of drug-likeness (QED) is 0.805. The summed E-state index contributed by atoms with van der Waals surface area (Å²) in [5, 5.41) is 3.10. The largest absolute Gasteiger partial charge is 0.489 e. The number of rotatable bonds is 6. The zero-order valence-electron chi connectivity index (χ0n) is 15.7. The minimum absolute atomic E-state index is 0.0227. The van der Waals surface area contributed by atoms with E-state index in [0.717, 1.165) is 42.6 Å². The van der Waals surface area contributed by atoms with E-state index in [0.29, 0.717) is 6.61 Å². The number of amides is 1. The standard InChI is InChI=1S/C22H27FN2O2/c1-15(25-22(26)18-3-2-4-20(24)13-18)17-7-11-21(12-8-17)27-14-16-5-9-19(23)10-6-16/h5-12,15,18,20H,2-4,13-14,24H2,1H3,(H,25,26). The van der Waals surface area contributed by atoms with Crippen molar-refractivity contribution >= 4 is 5.91 Å². The molecular weight excluding hydrogens is 343 g/mol. The van der Waals surface area contributed by atoms with Crippen LogP contribution in [-0.4, -0.2) is 11.9 Å². The van der Waals surface area contributed by atoms with Crippen LogP contribution in [0.25, 0.3) is 0 Å². The van der Waals surface area contributed by atoms with Gasteiger partial charge < -0.3 is 15.8 Å². The highest BCUT2D eigenvalue weighted by atomic mass is 19.1. The first-order valence-corrected chi connectivity index (χ1v) is 9.54. The van der Waals surface area contributed by atoms with Gasteiger partial charge in [-0.3, -0.25) is 4.79 Å². The number of halogens is 1. The van der Waals surface area contributed by atoms with Crippen molar-refractivity contribution < 1.29 is 13.9 Å². The zero-order chi connectivity index (χ0) is 19.2. The molecule has 1 aliphatic carbocycles. The van der Waals surface area contributed by atoms with Gasteiger partial charge in [-0.1, -0.05) is 30.7 Å². The normalized spacial score (nSPS) is 20.7. The maximum atomic E-state index is 12.9. The number of ether oxygens (including phenoxy) is 1. The number of carbonyl (C=O) groups excluding carboxylic acids is 1. The Bertz CT molecular complexity index is 746. The molecule has 1 amide bonds. The van der Waals surface area contributed by atoms with E-state index in [1.807, 2.05) is 31.2 Å². The van der Waals surface area contributed by atoms with Gasteiger partial charge in [0.05, 0.1) is 6.04 Å². The van der Waals surface area contributed by atoms with Crippen molar-refractivity contribution in [1.29, 1.82) is 0 Å². The lowest BCUT2D eigenvalue weighted by Gasteiger charge is -2.27. The van der Waals surface area contributed by atoms with Gasteiger partial charge in [-0.2, -0.15) is 0 Å². The highest BCUT2D eigenvalue weighted by Crippen LogP contribution is 2.25. The molecule has 0 heterocycles. The molecule has 0 aliphatic heterocycles. The van der Waals surface area contributed by atoms with Crippen molar-refractivity contribution in [3.8, 4) is 5.75 Å². The minimum atomic E-state index is -0.255. The second-order valence-electron chi connectivity index (χ2n) is 7.34. The Morgan fingerprint density at radius 3 is 2.56 bits per heavy atom. The molecule has 144 valence electrons. The molecule has 0 spiro atoms. The summed E-state index contributed by atoms with van der Waals surface area (Å²) >= 11 is 0. The van der Waals surface area contributed by atoms with Crippen LogP contribution in [0.15, 0.2) is 48.5 Å². The molecule has 0 saturated heterocycles. The number of benzene rings is 2. The SMILES string of the molecule is CC(NC(=O)C1CCCC(N)C1)c1ccc(OCc2ccc(F)cc2)cc1. The Morgan fingerprint density at radius 2 is 1.89 bits per heavy atom. The van der Waals surface area contributed by atoms with E-state index in [1.165, 1.54) is 12.1 Å². The maximum absolute atomic E-state index is 12.9. The van der Waals surface area contributed by atoms with E-state index in [1.54, 1.807) is 12.1 Å². The van der Waals surface area contributed by atoms with Crippen LogP contribution in [0.4, 0.5) is 4.39 Å². The van der Waals surface area contributed by atoms with Crippen LogP contribution >= 0.6 is 0 Å². The van der Waals surface area contributed by atoms with Crippen LogP contribution < -0.4 is 15.8 Å². The predicted molar refractivity (Wildman–Crippen MR) is 104 cm³/mol. The number of hydrogen-bond donors (Lipinski definition) is 2. The molecule has 2 aromatic carbocycles. The number of carbonyl (C=O) groups is 1. The molecule has 3 N–H and O–H groups in total. The Morgan fingerprint density at radius 1 is 1.19 bits per heavy atom. The number of nitrogens with one attached hydrogen (secondary N) is 1. The monoisotopic (exact) mass is 370 g/mol. The highest BCUT2D eigenvalue weighted by molar-refractivity contribution is 5.79. The van der Waals surface area contributed by atoms with Crippen molar-refractivity contribution in [1.82, 2.24) is 5.32 Å². The van der Waals surface area contributed by atoms with Crippen molar-refractivity contribution in [2.24, 2.45) is 11.7 Å². The van der Waals surface area contributed by atoms with Crippen LogP contribution in [0.3, 0.4) is 0 Å². The predicted octanol–water partition coefficient (Wildman–Crippen LogP) is 4.10. The van der Waals surface area contributed by atoms with Gasteiger partial charge in [0.25, 0.3) is 0 Å². The maximum Gasteiger partial charge on any atom is 0.223 e. The topological polar surface area (TPSA) is 64.4 Å². The Hall–Kier alpha value is -2.40. The molecule has 0 radical (unpaired) electrons. The van der Waals surface area contributed by atoms with Crippen LogP contribution in [0.5, 0.6) is 5.75 Å². The van der Waals surface area contributed by atoms with E-state index >= 15 is 0 Å². The first-order chi connectivity index (χ1) is 13.0. The average molecular weight is 370 g/mol. The molecule has 0 bridgehead atoms. The summed E-state index contributed by atoms with van der Waals surface area (Å²) in [6, 6.07) is 14.0. The molecule has 1 aliphatic rings. The third-order valence-corrected chi connectivity index (χ3v) is 5.14. The fourth-order valence-electron chi connectivity index (χ4n) is 3.48. The summed E-state index contributed by atoms with van der Waals surface area (Å²) in [4.78, 5) is 12.5. The van der Waals surface area contributed by atoms with E-state index in [4.69, 9.17) is 10.5 Å². The molecule has 3 atom stereocenters. The van der Waals surface area contributed by atoms with E-state index < -0.39 is 0 Å². The Labute approximate surface area is 159 Å². The second-order valence-corrected chi connectivity index (χ2v) is 7.34. The Kier molecular flexibility index (Phi) is 6.45. The summed E-state index contributed by atoms with van der Waals surface area (Å²) in [7, 11) is 0. The molecule has 27 heavy (non-hydrogen) atoms. The molecule has 1 saturated carbocycles. The van der Waals surface area contributed by atoms with E-state index in [-0.39, 0.29) is 29.7 Å². The number of nitrogens with two attached hydrogens (primary N) is 1. The number of hydrogen-bond acceptors (Lipinski definition) is 3. The van der Waals surface area contributed by atoms with Gasteiger partial charge in [0, 0.05) is 12.0 Å². The Balaban J connectivity index is 1.51. The third-order valence-electron chi connectivity index (χ3n) is 5.14. The van der Waals surface area contributed by atoms with E-state index in [2.05, 4.69) is 5.32 Å². The van der Waals surface area contributed by atoms with Gasteiger partial charge in [0.1, 0.15) is 18.2 Å². The fourth-order valence-corrected chi connectivity index (χ4v) is 3.48. The molecule has 0 aromatic heterocycles. The summed E-state index contributed by atoms with van der Waals surface area (Å²) in [5.41, 5.74) is 7.92. The van der Waals surface area contributed by atoms with Gasteiger partial charge >= 0.3 is 0 Å². The lowest BCUT2D eigenvalue weighted by Crippen LogP contribution is -2.38. The van der Waals surface area contributed by atoms with Gasteiger partial charge in [-0.25, -0.2) is 4.39 Å². The molecule has 4 nitrogen and oxygen atoms in total. The minimum Gasteiger partial charge on any atom is -0.489 e. The van der Waals surface area contributed by atoms with Crippen molar-refractivity contribution in [2.75, 3.05) is 0 Å². The van der Waals surface area contributed by atoms with Gasteiger partial charge in [0.15, 0.2) is 0 Å². The van der Waals surface area contributed by atoms with Crippen molar-refractivity contribution in [2.45, 2.75) is 51.3 Å². The van der Waals surface area contributed by atoms with Crippen LogP contribution in [0, 0.1) is 11.7 Å². The van der Waals surface area contributed by atoms with Gasteiger partial charge in [-0.05, 0) is 61.6 Å². The molecule has 3 unspecified atom stereocenters. The van der Waals surface area contributed by atoms with Gasteiger partial charge in [0.2, 0.25) is 5.91 Å². The summed E-state index contributed by atoms with van der Waals surface area (Å²) < 4.78 is 18.7. The first kappa shape index (κ1) is 19.4. The zero-order valence-corrected chi connectivity index (χ0v) is 15.7. The second kappa shape index (κ2) is 9.00. The summed E-state index contributed by atoms with van der Waals surface area (Å²) in [6.07, 6.45) is 3.73.